The Bertz CT molecular complexity index is 1020. The van der Waals surface area contributed by atoms with Crippen LogP contribution in [0.25, 0.3) is 0 Å². The lowest BCUT2D eigenvalue weighted by Crippen LogP contribution is -2.46. The Labute approximate surface area is 171 Å². The van der Waals surface area contributed by atoms with Gasteiger partial charge >= 0.3 is 0 Å². The highest BCUT2D eigenvalue weighted by atomic mass is 19.1. The van der Waals surface area contributed by atoms with Gasteiger partial charge in [-0.05, 0) is 37.1 Å². The highest BCUT2D eigenvalue weighted by molar-refractivity contribution is 5.88. The number of benzene rings is 2. The van der Waals surface area contributed by atoms with Gasteiger partial charge in [0.2, 0.25) is 11.8 Å². The summed E-state index contributed by atoms with van der Waals surface area (Å²) in [5, 5.41) is 9.05. The van der Waals surface area contributed by atoms with Crippen LogP contribution in [-0.4, -0.2) is 28.0 Å². The van der Waals surface area contributed by atoms with Crippen LogP contribution in [0.3, 0.4) is 0 Å². The van der Waals surface area contributed by atoms with E-state index >= 15 is 0 Å². The normalized spacial score (nSPS) is 12.8. The molecule has 0 aliphatic carbocycles. The van der Waals surface area contributed by atoms with Gasteiger partial charge in [0.15, 0.2) is 5.82 Å². The Balaban J connectivity index is 1.67. The molecule has 3 aromatic rings. The number of nitrogens with one attached hydrogen (secondary N) is 2. The molecular weight excluding hydrogens is 394 g/mol. The lowest BCUT2D eigenvalue weighted by molar-refractivity contribution is -0.128. The van der Waals surface area contributed by atoms with Gasteiger partial charge in [-0.1, -0.05) is 35.5 Å². The van der Waals surface area contributed by atoms with E-state index in [0.717, 1.165) is 23.8 Å². The highest BCUT2D eigenvalue weighted by Gasteiger charge is 2.25. The van der Waals surface area contributed by atoms with Gasteiger partial charge in [0.25, 0.3) is 5.89 Å². The first-order valence-corrected chi connectivity index (χ1v) is 9.21. The van der Waals surface area contributed by atoms with Gasteiger partial charge in [-0.3, -0.25) is 9.59 Å². The lowest BCUT2D eigenvalue weighted by atomic mass is 10.1. The van der Waals surface area contributed by atoms with Gasteiger partial charge in [0, 0.05) is 6.07 Å². The van der Waals surface area contributed by atoms with Gasteiger partial charge in [-0.2, -0.15) is 4.98 Å². The fourth-order valence-corrected chi connectivity index (χ4v) is 2.89. The second-order valence-electron chi connectivity index (χ2n) is 6.78. The summed E-state index contributed by atoms with van der Waals surface area (Å²) >= 11 is 0. The number of hydrogen-bond donors (Lipinski definition) is 2. The first-order valence-electron chi connectivity index (χ1n) is 9.21. The molecular formula is C21H20F2N4O3. The highest BCUT2D eigenvalue weighted by Crippen LogP contribution is 2.20. The van der Waals surface area contributed by atoms with E-state index in [1.54, 1.807) is 31.2 Å². The molecule has 0 fully saturated rings. The average Bonchev–Trinajstić information content (AvgIpc) is 3.11. The number of hydrogen-bond acceptors (Lipinski definition) is 5. The monoisotopic (exact) mass is 414 g/mol. The Kier molecular flexibility index (Phi) is 6.51. The molecule has 1 unspecified atom stereocenters. The third-order valence-corrected chi connectivity index (χ3v) is 4.27. The van der Waals surface area contributed by atoms with E-state index in [2.05, 4.69) is 20.8 Å². The Hall–Kier alpha value is -3.62. The summed E-state index contributed by atoms with van der Waals surface area (Å²) in [7, 11) is 0. The van der Waals surface area contributed by atoms with Crippen molar-refractivity contribution in [2.75, 3.05) is 0 Å². The number of halogens is 2. The number of rotatable bonds is 7. The summed E-state index contributed by atoms with van der Waals surface area (Å²) in [6.07, 6.45) is -0.267. The minimum atomic E-state index is -0.911. The molecule has 1 aromatic heterocycles. The van der Waals surface area contributed by atoms with Crippen molar-refractivity contribution in [2.24, 2.45) is 0 Å². The molecule has 0 radical (unpaired) electrons. The summed E-state index contributed by atoms with van der Waals surface area (Å²) < 4.78 is 31.8. The second kappa shape index (κ2) is 9.25. The van der Waals surface area contributed by atoms with Crippen LogP contribution in [0.1, 0.15) is 35.8 Å². The largest absolute Gasteiger partial charge is 0.344 e. The quantitative estimate of drug-likeness (QED) is 0.620. The van der Waals surface area contributed by atoms with E-state index in [1.165, 1.54) is 6.92 Å². The molecule has 2 amide bonds. The van der Waals surface area contributed by atoms with Gasteiger partial charge in [0.1, 0.15) is 23.7 Å². The third kappa shape index (κ3) is 5.47. The van der Waals surface area contributed by atoms with E-state index in [1.807, 2.05) is 6.07 Å². The minimum absolute atomic E-state index is 0.168. The van der Waals surface area contributed by atoms with Crippen molar-refractivity contribution in [3.05, 3.63) is 83.0 Å². The molecule has 0 saturated carbocycles. The SMILES string of the molecule is Cc1noc(C(NC(=O)[C@H](C)NC(=O)Cc2cc(F)cc(F)c2)c2ccccc2)n1. The number of carbonyl (C=O) groups is 2. The zero-order valence-corrected chi connectivity index (χ0v) is 16.4. The predicted molar refractivity (Wildman–Crippen MR) is 103 cm³/mol. The molecule has 0 aliphatic heterocycles. The fraction of sp³-hybridized carbons (Fsp3) is 0.238. The number of amides is 2. The first-order chi connectivity index (χ1) is 14.3. The summed E-state index contributed by atoms with van der Waals surface area (Å²) in [5.74, 6) is -1.95. The van der Waals surface area contributed by atoms with Crippen molar-refractivity contribution in [3.8, 4) is 0 Å². The third-order valence-electron chi connectivity index (χ3n) is 4.27. The van der Waals surface area contributed by atoms with E-state index in [9.17, 15) is 18.4 Å². The number of carbonyl (C=O) groups excluding carboxylic acids is 2. The molecule has 30 heavy (non-hydrogen) atoms. The molecule has 1 heterocycles. The van der Waals surface area contributed by atoms with Crippen LogP contribution < -0.4 is 10.6 Å². The maximum Gasteiger partial charge on any atom is 0.253 e. The van der Waals surface area contributed by atoms with Crippen LogP contribution in [0.4, 0.5) is 8.78 Å². The van der Waals surface area contributed by atoms with Crippen LogP contribution in [0, 0.1) is 18.6 Å². The standard InChI is InChI=1S/C21H20F2N4O3/c1-12(24-18(28)10-14-8-16(22)11-17(23)9-14)20(29)26-19(15-6-4-3-5-7-15)21-25-13(2)27-30-21/h3-9,11-12,19H,10H2,1-2H3,(H,24,28)(H,26,29)/t12-,19?/m0/s1. The molecule has 156 valence electrons. The summed E-state index contributed by atoms with van der Waals surface area (Å²) in [5.41, 5.74) is 0.893. The molecule has 3 rings (SSSR count). The average molecular weight is 414 g/mol. The van der Waals surface area contributed by atoms with E-state index in [-0.39, 0.29) is 17.9 Å². The van der Waals surface area contributed by atoms with Crippen molar-refractivity contribution >= 4 is 11.8 Å². The fourth-order valence-electron chi connectivity index (χ4n) is 2.89. The van der Waals surface area contributed by atoms with Crippen LogP contribution in [0.2, 0.25) is 0 Å². The number of aryl methyl sites for hydroxylation is 1. The van der Waals surface area contributed by atoms with Crippen molar-refractivity contribution in [1.29, 1.82) is 0 Å². The molecule has 0 spiro atoms. The zero-order valence-electron chi connectivity index (χ0n) is 16.4. The van der Waals surface area contributed by atoms with Gasteiger partial charge < -0.3 is 15.2 Å². The van der Waals surface area contributed by atoms with E-state index in [0.29, 0.717) is 5.82 Å². The van der Waals surface area contributed by atoms with Crippen LogP contribution >= 0.6 is 0 Å². The summed E-state index contributed by atoms with van der Waals surface area (Å²) in [6, 6.07) is 10.3. The van der Waals surface area contributed by atoms with Crippen molar-refractivity contribution < 1.29 is 22.9 Å². The maximum absolute atomic E-state index is 13.3. The van der Waals surface area contributed by atoms with Gasteiger partial charge in [-0.15, -0.1) is 0 Å². The molecule has 0 saturated heterocycles. The van der Waals surface area contributed by atoms with E-state index < -0.39 is 35.5 Å². The number of aromatic nitrogens is 2. The Morgan fingerprint density at radius 2 is 1.73 bits per heavy atom. The van der Waals surface area contributed by atoms with Crippen molar-refractivity contribution in [3.63, 3.8) is 0 Å². The molecule has 2 N–H and O–H groups in total. The van der Waals surface area contributed by atoms with Gasteiger partial charge in [0.05, 0.1) is 6.42 Å². The second-order valence-corrected chi connectivity index (χ2v) is 6.78. The van der Waals surface area contributed by atoms with E-state index in [4.69, 9.17) is 4.52 Å². The van der Waals surface area contributed by atoms with Crippen molar-refractivity contribution in [1.82, 2.24) is 20.8 Å². The topological polar surface area (TPSA) is 97.1 Å². The Morgan fingerprint density at radius 3 is 2.33 bits per heavy atom. The van der Waals surface area contributed by atoms with Crippen LogP contribution in [-0.2, 0) is 16.0 Å². The molecule has 2 atom stereocenters. The van der Waals surface area contributed by atoms with Crippen molar-refractivity contribution in [2.45, 2.75) is 32.4 Å². The first kappa shape index (κ1) is 21.1. The molecule has 2 aromatic carbocycles. The molecule has 9 heteroatoms. The minimum Gasteiger partial charge on any atom is -0.344 e. The lowest BCUT2D eigenvalue weighted by Gasteiger charge is -2.19. The van der Waals surface area contributed by atoms with Crippen LogP contribution in [0.5, 0.6) is 0 Å². The predicted octanol–water partition coefficient (Wildman–Crippen LogP) is 2.61. The summed E-state index contributed by atoms with van der Waals surface area (Å²) in [6.45, 7) is 3.16. The van der Waals surface area contributed by atoms with Gasteiger partial charge in [-0.25, -0.2) is 8.78 Å². The zero-order chi connectivity index (χ0) is 21.7. The molecule has 0 aliphatic rings. The molecule has 7 nitrogen and oxygen atoms in total. The maximum atomic E-state index is 13.3. The van der Waals surface area contributed by atoms with Crippen LogP contribution in [0.15, 0.2) is 53.1 Å². The smallest absolute Gasteiger partial charge is 0.253 e. The summed E-state index contributed by atoms with van der Waals surface area (Å²) in [4.78, 5) is 29.1. The Morgan fingerprint density at radius 1 is 1.07 bits per heavy atom. The number of nitrogens with zero attached hydrogens (tertiary/aromatic N) is 2. The molecule has 0 bridgehead atoms.